The molecule has 27 heavy (non-hydrogen) atoms. The van der Waals surface area contributed by atoms with E-state index < -0.39 is 0 Å². The van der Waals surface area contributed by atoms with Gasteiger partial charge in [0.15, 0.2) is 0 Å². The van der Waals surface area contributed by atoms with Gasteiger partial charge in [-0.3, -0.25) is 4.79 Å². The Hall–Kier alpha value is -2.44. The Morgan fingerprint density at radius 2 is 2.04 bits per heavy atom. The zero-order chi connectivity index (χ0) is 19.1. The van der Waals surface area contributed by atoms with Gasteiger partial charge in [0.1, 0.15) is 12.4 Å². The van der Waals surface area contributed by atoms with E-state index in [1.807, 2.05) is 66.2 Å². The lowest BCUT2D eigenvalue weighted by molar-refractivity contribution is -0.115. The number of ether oxygens (including phenoxy) is 1. The number of carbonyl (C=O) groups is 1. The van der Waals surface area contributed by atoms with E-state index in [1.165, 1.54) is 11.8 Å². The van der Waals surface area contributed by atoms with E-state index in [9.17, 15) is 4.79 Å². The molecule has 0 saturated heterocycles. The molecule has 3 rings (SSSR count). The predicted molar refractivity (Wildman–Crippen MR) is 110 cm³/mol. The number of benzene rings is 2. The molecule has 3 aromatic rings. The molecular weight excluding hydrogens is 382 g/mol. The van der Waals surface area contributed by atoms with Crippen LogP contribution < -0.4 is 10.1 Å². The van der Waals surface area contributed by atoms with Crippen molar-refractivity contribution in [1.82, 2.24) is 9.55 Å². The summed E-state index contributed by atoms with van der Waals surface area (Å²) in [5.41, 5.74) is 0.653. The van der Waals surface area contributed by atoms with Crippen molar-refractivity contribution in [2.75, 3.05) is 11.9 Å². The van der Waals surface area contributed by atoms with Crippen LogP contribution in [0.25, 0.3) is 0 Å². The number of para-hydroxylation sites is 2. The van der Waals surface area contributed by atoms with Gasteiger partial charge in [-0.05, 0) is 31.2 Å². The van der Waals surface area contributed by atoms with Crippen molar-refractivity contribution < 1.29 is 9.53 Å². The molecule has 0 spiro atoms. The molecule has 0 aliphatic carbocycles. The highest BCUT2D eigenvalue weighted by Gasteiger charge is 2.17. The third-order valence-corrected chi connectivity index (χ3v) is 5.44. The maximum Gasteiger partial charge on any atom is 0.237 e. The maximum atomic E-state index is 12.6. The summed E-state index contributed by atoms with van der Waals surface area (Å²) < 4.78 is 7.77. The molecule has 0 aliphatic heterocycles. The van der Waals surface area contributed by atoms with E-state index in [4.69, 9.17) is 16.3 Å². The third-order valence-electron chi connectivity index (χ3n) is 3.82. The Kier molecular flexibility index (Phi) is 6.79. The lowest BCUT2D eigenvalue weighted by Gasteiger charge is -2.16. The molecule has 7 heteroatoms. The van der Waals surface area contributed by atoms with Crippen LogP contribution in [0.5, 0.6) is 5.75 Å². The third kappa shape index (κ3) is 5.52. The van der Waals surface area contributed by atoms with Crippen LogP contribution >= 0.6 is 23.4 Å². The van der Waals surface area contributed by atoms with E-state index in [2.05, 4.69) is 10.3 Å². The van der Waals surface area contributed by atoms with Gasteiger partial charge in [-0.2, -0.15) is 0 Å². The summed E-state index contributed by atoms with van der Waals surface area (Å²) >= 11 is 7.60. The number of amides is 1. The first-order valence-electron chi connectivity index (χ1n) is 8.53. The second-order valence-electron chi connectivity index (χ2n) is 5.82. The largest absolute Gasteiger partial charge is 0.490 e. The highest BCUT2D eigenvalue weighted by Crippen LogP contribution is 2.31. The van der Waals surface area contributed by atoms with Gasteiger partial charge in [0, 0.05) is 17.3 Å². The van der Waals surface area contributed by atoms with Gasteiger partial charge in [0.2, 0.25) is 5.91 Å². The zero-order valence-corrected chi connectivity index (χ0v) is 16.4. The summed E-state index contributed by atoms with van der Waals surface area (Å²) in [6, 6.07) is 14.9. The smallest absolute Gasteiger partial charge is 0.237 e. The summed E-state index contributed by atoms with van der Waals surface area (Å²) in [6.45, 7) is 3.01. The van der Waals surface area contributed by atoms with E-state index in [0.29, 0.717) is 29.6 Å². The number of aromatic nitrogens is 2. The Balaban J connectivity index is 1.59. The second kappa shape index (κ2) is 9.48. The summed E-state index contributed by atoms with van der Waals surface area (Å²) in [5, 5.41) is 3.29. The quantitative estimate of drug-likeness (QED) is 0.554. The van der Waals surface area contributed by atoms with Crippen molar-refractivity contribution in [3.05, 3.63) is 72.3 Å². The van der Waals surface area contributed by atoms with Crippen molar-refractivity contribution in [1.29, 1.82) is 0 Å². The van der Waals surface area contributed by atoms with Crippen LogP contribution in [0.3, 0.4) is 0 Å². The van der Waals surface area contributed by atoms with Gasteiger partial charge in [0.25, 0.3) is 0 Å². The molecule has 1 heterocycles. The molecule has 0 aliphatic rings. The molecule has 1 atom stereocenters. The number of halogens is 1. The van der Waals surface area contributed by atoms with Crippen molar-refractivity contribution in [2.45, 2.75) is 23.6 Å². The first-order valence-corrected chi connectivity index (χ1v) is 9.79. The van der Waals surface area contributed by atoms with Crippen LogP contribution in [-0.4, -0.2) is 27.3 Å². The number of rotatable bonds is 8. The molecule has 0 radical (unpaired) electrons. The molecule has 1 aromatic heterocycles. The number of anilines is 1. The highest BCUT2D eigenvalue weighted by atomic mass is 35.5. The van der Waals surface area contributed by atoms with Gasteiger partial charge >= 0.3 is 0 Å². The van der Waals surface area contributed by atoms with E-state index in [0.717, 1.165) is 4.90 Å². The monoisotopic (exact) mass is 401 g/mol. The zero-order valence-electron chi connectivity index (χ0n) is 14.8. The summed E-state index contributed by atoms with van der Waals surface area (Å²) in [5.74, 6) is 0.534. The molecule has 1 unspecified atom stereocenters. The average molecular weight is 402 g/mol. The lowest BCUT2D eigenvalue weighted by atomic mass is 10.3. The number of hydrogen-bond acceptors (Lipinski definition) is 4. The van der Waals surface area contributed by atoms with Crippen molar-refractivity contribution in [3.63, 3.8) is 0 Å². The fourth-order valence-corrected chi connectivity index (χ4v) is 3.55. The van der Waals surface area contributed by atoms with E-state index in [1.54, 1.807) is 12.5 Å². The van der Waals surface area contributed by atoms with Crippen LogP contribution in [0.1, 0.15) is 6.92 Å². The van der Waals surface area contributed by atoms with Crippen molar-refractivity contribution >= 4 is 35.0 Å². The number of nitrogens with one attached hydrogen (secondary N) is 1. The van der Waals surface area contributed by atoms with Gasteiger partial charge in [-0.15, -0.1) is 11.8 Å². The average Bonchev–Trinajstić information content (AvgIpc) is 3.18. The molecule has 1 amide bonds. The Labute approximate surface area is 167 Å². The van der Waals surface area contributed by atoms with Crippen LogP contribution in [0.15, 0.2) is 72.1 Å². The standard InChI is InChI=1S/C20H20ClN3O2S/c1-15(27-19-9-5-2-6-16(19)21)20(25)23-17-7-3-4-8-18(17)26-13-12-24-11-10-22-14-24/h2-11,14-15H,12-13H2,1H3,(H,23,25). The Bertz CT molecular complexity index is 886. The number of carbonyl (C=O) groups excluding carboxylic acids is 1. The highest BCUT2D eigenvalue weighted by molar-refractivity contribution is 8.00. The minimum Gasteiger partial charge on any atom is -0.490 e. The topological polar surface area (TPSA) is 56.1 Å². The van der Waals surface area contributed by atoms with Gasteiger partial charge in [-0.25, -0.2) is 4.98 Å². The first kappa shape index (κ1) is 19.3. The van der Waals surface area contributed by atoms with Crippen LogP contribution in [0.4, 0.5) is 5.69 Å². The van der Waals surface area contributed by atoms with Gasteiger partial charge in [-0.1, -0.05) is 35.9 Å². The Morgan fingerprint density at radius 1 is 1.26 bits per heavy atom. The fraction of sp³-hybridized carbons (Fsp3) is 0.200. The minimum atomic E-state index is -0.302. The summed E-state index contributed by atoms with van der Waals surface area (Å²) in [7, 11) is 0. The molecule has 1 N–H and O–H groups in total. The Morgan fingerprint density at radius 3 is 2.81 bits per heavy atom. The van der Waals surface area contributed by atoms with E-state index in [-0.39, 0.29) is 11.2 Å². The predicted octanol–water partition coefficient (Wildman–Crippen LogP) is 4.73. The van der Waals surface area contributed by atoms with Crippen LogP contribution in [0, 0.1) is 0 Å². The van der Waals surface area contributed by atoms with Crippen LogP contribution in [0.2, 0.25) is 5.02 Å². The molecular formula is C20H20ClN3O2S. The molecule has 5 nitrogen and oxygen atoms in total. The minimum absolute atomic E-state index is 0.106. The fourth-order valence-electron chi connectivity index (χ4n) is 2.39. The number of thioether (sulfide) groups is 1. The van der Waals surface area contributed by atoms with Crippen molar-refractivity contribution in [3.8, 4) is 5.75 Å². The van der Waals surface area contributed by atoms with Crippen molar-refractivity contribution in [2.24, 2.45) is 0 Å². The number of nitrogens with zero attached hydrogens (tertiary/aromatic N) is 2. The second-order valence-corrected chi connectivity index (χ2v) is 7.61. The molecule has 0 saturated carbocycles. The summed E-state index contributed by atoms with van der Waals surface area (Å²) in [4.78, 5) is 17.5. The molecule has 0 fully saturated rings. The normalized spacial score (nSPS) is 11.8. The lowest BCUT2D eigenvalue weighted by Crippen LogP contribution is -2.23. The molecule has 2 aromatic carbocycles. The summed E-state index contributed by atoms with van der Waals surface area (Å²) in [6.07, 6.45) is 5.35. The number of hydrogen-bond donors (Lipinski definition) is 1. The molecule has 0 bridgehead atoms. The molecule has 140 valence electrons. The van der Waals surface area contributed by atoms with Crippen LogP contribution in [-0.2, 0) is 11.3 Å². The maximum absolute atomic E-state index is 12.6. The van der Waals surface area contributed by atoms with Gasteiger partial charge < -0.3 is 14.6 Å². The van der Waals surface area contributed by atoms with Gasteiger partial charge in [0.05, 0.1) is 28.8 Å². The SMILES string of the molecule is CC(Sc1ccccc1Cl)C(=O)Nc1ccccc1OCCn1ccnc1. The first-order chi connectivity index (χ1) is 13.1. The number of imidazole rings is 1. The van der Waals surface area contributed by atoms with E-state index >= 15 is 0 Å².